The van der Waals surface area contributed by atoms with Crippen molar-refractivity contribution in [1.29, 1.82) is 0 Å². The second-order valence-corrected chi connectivity index (χ2v) is 8.93. The first-order valence-corrected chi connectivity index (χ1v) is 11.6. The van der Waals surface area contributed by atoms with Crippen LogP contribution in [0.5, 0.6) is 5.75 Å². The number of aromatic nitrogens is 3. The molecule has 0 saturated heterocycles. The minimum Gasteiger partial charge on any atom is -0.486 e. The molecule has 6 nitrogen and oxygen atoms in total. The largest absolute Gasteiger partial charge is 0.486 e. The van der Waals surface area contributed by atoms with E-state index in [1.807, 2.05) is 54.8 Å². The molecule has 0 saturated carbocycles. The first-order chi connectivity index (χ1) is 15.4. The molecule has 3 rings (SSSR count). The number of nitrogens with one attached hydrogen (secondary N) is 1. The van der Waals surface area contributed by atoms with Gasteiger partial charge in [-0.1, -0.05) is 56.0 Å². The van der Waals surface area contributed by atoms with E-state index in [2.05, 4.69) is 42.0 Å². The maximum Gasteiger partial charge on any atom is 0.234 e. The third-order valence-corrected chi connectivity index (χ3v) is 5.82. The van der Waals surface area contributed by atoms with Gasteiger partial charge in [0.2, 0.25) is 5.91 Å². The number of benzene rings is 2. The van der Waals surface area contributed by atoms with Gasteiger partial charge in [-0.25, -0.2) is 0 Å². The van der Waals surface area contributed by atoms with Gasteiger partial charge in [0.25, 0.3) is 0 Å². The van der Waals surface area contributed by atoms with Crippen LogP contribution in [0, 0.1) is 13.8 Å². The first-order valence-electron chi connectivity index (χ1n) is 10.6. The van der Waals surface area contributed by atoms with E-state index in [-0.39, 0.29) is 18.3 Å². The summed E-state index contributed by atoms with van der Waals surface area (Å²) in [4.78, 5) is 12.6. The van der Waals surface area contributed by atoms with Crippen molar-refractivity contribution >= 4 is 23.4 Å². The van der Waals surface area contributed by atoms with Gasteiger partial charge >= 0.3 is 0 Å². The number of amides is 1. The minimum atomic E-state index is -0.0794. The fourth-order valence-electron chi connectivity index (χ4n) is 3.44. The molecule has 0 spiro atoms. The fourth-order valence-corrected chi connectivity index (χ4v) is 4.21. The van der Waals surface area contributed by atoms with Gasteiger partial charge in [-0.15, -0.1) is 16.8 Å². The Bertz CT molecular complexity index is 1070. The van der Waals surface area contributed by atoms with Crippen molar-refractivity contribution in [2.75, 3.05) is 11.1 Å². The molecule has 1 heterocycles. The molecule has 2 aromatic carbocycles. The van der Waals surface area contributed by atoms with Crippen molar-refractivity contribution in [2.24, 2.45) is 0 Å². The lowest BCUT2D eigenvalue weighted by atomic mass is 10.0. The Morgan fingerprint density at radius 2 is 1.91 bits per heavy atom. The van der Waals surface area contributed by atoms with Crippen LogP contribution in [0.3, 0.4) is 0 Å². The summed E-state index contributed by atoms with van der Waals surface area (Å²) in [6.45, 7) is 13.0. The quantitative estimate of drug-likeness (QED) is 0.326. The van der Waals surface area contributed by atoms with Gasteiger partial charge in [0.1, 0.15) is 12.4 Å². The molecule has 1 N–H and O–H groups in total. The number of thioether (sulfide) groups is 1. The average molecular weight is 451 g/mol. The molecule has 1 amide bonds. The van der Waals surface area contributed by atoms with Gasteiger partial charge in [0.15, 0.2) is 11.0 Å². The van der Waals surface area contributed by atoms with Crippen LogP contribution in [0.25, 0.3) is 0 Å². The van der Waals surface area contributed by atoms with Crippen molar-refractivity contribution < 1.29 is 9.53 Å². The Kier molecular flexibility index (Phi) is 8.11. The van der Waals surface area contributed by atoms with Gasteiger partial charge in [0.05, 0.1) is 5.75 Å². The standard InChI is InChI=1S/C25H30N4O2S/c1-6-11-29-23(15-31-20-13-18(4)12-19(5)14-20)27-28-25(29)32-16-24(30)26-22-10-8-7-9-21(22)17(2)3/h6-10,12-14,17H,1,11,15-16H2,2-5H3,(H,26,30). The average Bonchev–Trinajstić information content (AvgIpc) is 3.12. The Hall–Kier alpha value is -3.06. The molecule has 0 aliphatic rings. The molecule has 0 bridgehead atoms. The van der Waals surface area contributed by atoms with E-state index < -0.39 is 0 Å². The first kappa shape index (κ1) is 23.6. The number of carbonyl (C=O) groups excluding carboxylic acids is 1. The third-order valence-electron chi connectivity index (χ3n) is 4.86. The molecular formula is C25H30N4O2S. The van der Waals surface area contributed by atoms with Crippen LogP contribution in [0.15, 0.2) is 60.3 Å². The summed E-state index contributed by atoms with van der Waals surface area (Å²) in [5.74, 6) is 1.98. The molecule has 1 aromatic heterocycles. The number of carbonyl (C=O) groups is 1. The monoisotopic (exact) mass is 450 g/mol. The highest BCUT2D eigenvalue weighted by atomic mass is 32.2. The maximum atomic E-state index is 12.6. The van der Waals surface area contributed by atoms with Crippen molar-refractivity contribution in [3.63, 3.8) is 0 Å². The van der Waals surface area contributed by atoms with E-state index in [1.165, 1.54) is 11.8 Å². The summed E-state index contributed by atoms with van der Waals surface area (Å²) in [6, 6.07) is 14.0. The third kappa shape index (κ3) is 6.23. The molecule has 168 valence electrons. The lowest BCUT2D eigenvalue weighted by Gasteiger charge is -2.13. The van der Waals surface area contributed by atoms with Crippen LogP contribution in [0.2, 0.25) is 0 Å². The number of anilines is 1. The fraction of sp³-hybridized carbons (Fsp3) is 0.320. The number of hydrogen-bond donors (Lipinski definition) is 1. The zero-order chi connectivity index (χ0) is 23.1. The number of nitrogens with zero attached hydrogens (tertiary/aromatic N) is 3. The van der Waals surface area contributed by atoms with Crippen LogP contribution in [0.4, 0.5) is 5.69 Å². The SMILES string of the molecule is C=CCn1c(COc2cc(C)cc(C)c2)nnc1SCC(=O)Nc1ccccc1C(C)C. The highest BCUT2D eigenvalue weighted by Gasteiger charge is 2.15. The number of hydrogen-bond acceptors (Lipinski definition) is 5. The number of ether oxygens (including phenoxy) is 1. The van der Waals surface area contributed by atoms with Crippen LogP contribution in [0.1, 0.15) is 42.3 Å². The van der Waals surface area contributed by atoms with Crippen LogP contribution < -0.4 is 10.1 Å². The highest BCUT2D eigenvalue weighted by molar-refractivity contribution is 7.99. The number of para-hydroxylation sites is 1. The number of rotatable bonds is 10. The Balaban J connectivity index is 1.65. The molecule has 7 heteroatoms. The summed E-state index contributed by atoms with van der Waals surface area (Å²) in [5, 5.41) is 12.2. The lowest BCUT2D eigenvalue weighted by Crippen LogP contribution is -2.16. The summed E-state index contributed by atoms with van der Waals surface area (Å²) in [7, 11) is 0. The van der Waals surface area contributed by atoms with Crippen molar-refractivity contribution in [3.8, 4) is 5.75 Å². The van der Waals surface area contributed by atoms with E-state index in [1.54, 1.807) is 6.08 Å². The van der Waals surface area contributed by atoms with Crippen LogP contribution in [-0.2, 0) is 17.9 Å². The van der Waals surface area contributed by atoms with Crippen molar-refractivity contribution in [1.82, 2.24) is 14.8 Å². The number of allylic oxidation sites excluding steroid dienone is 1. The normalized spacial score (nSPS) is 10.9. The van der Waals surface area contributed by atoms with Gasteiger partial charge < -0.3 is 10.1 Å². The molecule has 0 radical (unpaired) electrons. The predicted octanol–water partition coefficient (Wildman–Crippen LogP) is 5.51. The summed E-state index contributed by atoms with van der Waals surface area (Å²) in [5.41, 5.74) is 4.26. The zero-order valence-electron chi connectivity index (χ0n) is 19.1. The molecule has 0 fully saturated rings. The van der Waals surface area contributed by atoms with Gasteiger partial charge in [0, 0.05) is 12.2 Å². The van der Waals surface area contributed by atoms with E-state index in [9.17, 15) is 4.79 Å². The summed E-state index contributed by atoms with van der Waals surface area (Å²) < 4.78 is 7.87. The Morgan fingerprint density at radius 3 is 2.59 bits per heavy atom. The lowest BCUT2D eigenvalue weighted by molar-refractivity contribution is -0.113. The van der Waals surface area contributed by atoms with Crippen LogP contribution >= 0.6 is 11.8 Å². The highest BCUT2D eigenvalue weighted by Crippen LogP contribution is 2.25. The predicted molar refractivity (Wildman–Crippen MR) is 130 cm³/mol. The van der Waals surface area contributed by atoms with Gasteiger partial charge in [-0.2, -0.15) is 0 Å². The molecule has 0 aliphatic carbocycles. The minimum absolute atomic E-state index is 0.0794. The molecule has 0 atom stereocenters. The van der Waals surface area contributed by atoms with Crippen LogP contribution in [-0.4, -0.2) is 26.4 Å². The second kappa shape index (κ2) is 11.0. The molecule has 0 aliphatic heterocycles. The zero-order valence-corrected chi connectivity index (χ0v) is 19.9. The molecule has 0 unspecified atom stereocenters. The summed E-state index contributed by atoms with van der Waals surface area (Å²) in [6.07, 6.45) is 1.78. The van der Waals surface area contributed by atoms with Gasteiger partial charge in [-0.05, 0) is 54.7 Å². The second-order valence-electron chi connectivity index (χ2n) is 7.99. The van der Waals surface area contributed by atoms with E-state index >= 15 is 0 Å². The van der Waals surface area contributed by atoms with Crippen molar-refractivity contribution in [3.05, 3.63) is 77.6 Å². The topological polar surface area (TPSA) is 69.0 Å². The molecule has 3 aromatic rings. The Morgan fingerprint density at radius 1 is 1.19 bits per heavy atom. The Labute approximate surface area is 194 Å². The van der Waals surface area contributed by atoms with E-state index in [4.69, 9.17) is 4.74 Å². The van der Waals surface area contributed by atoms with E-state index in [0.717, 1.165) is 28.1 Å². The number of aryl methyl sites for hydroxylation is 2. The maximum absolute atomic E-state index is 12.6. The van der Waals surface area contributed by atoms with Crippen molar-refractivity contribution in [2.45, 2.75) is 51.9 Å². The molecule has 32 heavy (non-hydrogen) atoms. The smallest absolute Gasteiger partial charge is 0.234 e. The summed E-state index contributed by atoms with van der Waals surface area (Å²) >= 11 is 1.35. The molecular weight excluding hydrogens is 420 g/mol. The van der Waals surface area contributed by atoms with E-state index in [0.29, 0.717) is 23.4 Å². The van der Waals surface area contributed by atoms with Gasteiger partial charge in [-0.3, -0.25) is 9.36 Å².